The van der Waals surface area contributed by atoms with Crippen molar-refractivity contribution in [2.75, 3.05) is 0 Å². The third-order valence-electron chi connectivity index (χ3n) is 5.43. The van der Waals surface area contributed by atoms with E-state index >= 15 is 0 Å². The summed E-state index contributed by atoms with van der Waals surface area (Å²) >= 11 is 13.7. The van der Waals surface area contributed by atoms with Crippen LogP contribution < -0.4 is 5.32 Å². The summed E-state index contributed by atoms with van der Waals surface area (Å²) < 4.78 is 19.1. The smallest absolute Gasteiger partial charge is 0.258 e. The van der Waals surface area contributed by atoms with Crippen molar-refractivity contribution in [1.29, 1.82) is 0 Å². The molecule has 2 aromatic carbocycles. The number of thiophene rings is 1. The highest BCUT2D eigenvalue weighted by atomic mass is 35.5. The molecule has 3 heterocycles. The highest BCUT2D eigenvalue weighted by Gasteiger charge is 2.34. The lowest BCUT2D eigenvalue weighted by Gasteiger charge is -2.37. The van der Waals surface area contributed by atoms with Crippen molar-refractivity contribution in [1.82, 2.24) is 20.4 Å². The van der Waals surface area contributed by atoms with Crippen LogP contribution >= 0.6 is 35.2 Å². The van der Waals surface area contributed by atoms with Gasteiger partial charge in [-0.3, -0.25) is 0 Å². The van der Waals surface area contributed by atoms with Crippen molar-refractivity contribution in [3.63, 3.8) is 0 Å². The van der Waals surface area contributed by atoms with Gasteiger partial charge in [0, 0.05) is 21.2 Å². The molecule has 2 aromatic heterocycles. The minimum absolute atomic E-state index is 0.322. The molecule has 0 radical (unpaired) electrons. The van der Waals surface area contributed by atoms with E-state index in [2.05, 4.69) is 21.5 Å². The highest BCUT2D eigenvalue weighted by molar-refractivity contribution is 7.80. The Morgan fingerprint density at radius 1 is 1.18 bits per heavy atom. The summed E-state index contributed by atoms with van der Waals surface area (Å²) in [7, 11) is 0. The van der Waals surface area contributed by atoms with E-state index in [-0.39, 0.29) is 11.9 Å². The van der Waals surface area contributed by atoms with Crippen LogP contribution in [0.25, 0.3) is 17.0 Å². The molecular weight excluding hydrogens is 479 g/mol. The largest absolute Gasteiger partial charge is 0.351 e. The molecule has 5 rings (SSSR count). The third-order valence-corrected chi connectivity index (χ3v) is 6.87. The molecule has 1 unspecified atom stereocenters. The molecule has 4 aromatic rings. The van der Waals surface area contributed by atoms with Crippen LogP contribution in [-0.4, -0.2) is 20.2 Å². The van der Waals surface area contributed by atoms with Gasteiger partial charge in [0.05, 0.1) is 18.2 Å². The number of halogens is 2. The fraction of sp³-hybridized carbons (Fsp3) is 0.125. The monoisotopic (exact) mass is 496 g/mol. The van der Waals surface area contributed by atoms with Crippen LogP contribution in [0.4, 0.5) is 4.39 Å². The van der Waals surface area contributed by atoms with Gasteiger partial charge < -0.3 is 14.7 Å². The zero-order valence-electron chi connectivity index (χ0n) is 17.5. The second kappa shape index (κ2) is 9.05. The first-order valence-corrected chi connectivity index (χ1v) is 11.8. The first-order chi connectivity index (χ1) is 16.0. The predicted octanol–water partition coefficient (Wildman–Crippen LogP) is 6.45. The summed E-state index contributed by atoms with van der Waals surface area (Å²) in [4.78, 5) is 7.85. The quantitative estimate of drug-likeness (QED) is 0.320. The number of hydrogen-bond donors (Lipinski definition) is 1. The van der Waals surface area contributed by atoms with Crippen molar-refractivity contribution < 1.29 is 8.91 Å². The summed E-state index contributed by atoms with van der Waals surface area (Å²) in [5, 5.41) is 10.8. The molecule has 1 atom stereocenters. The van der Waals surface area contributed by atoms with Crippen LogP contribution in [-0.2, 0) is 6.54 Å². The van der Waals surface area contributed by atoms with Crippen molar-refractivity contribution in [2.45, 2.75) is 19.5 Å². The van der Waals surface area contributed by atoms with Gasteiger partial charge in [0.2, 0.25) is 5.82 Å². The topological polar surface area (TPSA) is 54.2 Å². The molecule has 1 aliphatic rings. The fourth-order valence-corrected chi connectivity index (χ4v) is 5.00. The predicted molar refractivity (Wildman–Crippen MR) is 132 cm³/mol. The number of rotatable bonds is 5. The van der Waals surface area contributed by atoms with Gasteiger partial charge in [-0.1, -0.05) is 35.0 Å². The van der Waals surface area contributed by atoms with Gasteiger partial charge in [-0.15, -0.1) is 11.3 Å². The normalized spacial score (nSPS) is 16.3. The first kappa shape index (κ1) is 21.8. The van der Waals surface area contributed by atoms with E-state index in [0.29, 0.717) is 34.0 Å². The Hall–Kier alpha value is -3.07. The molecule has 5 nitrogen and oxygen atoms in total. The van der Waals surface area contributed by atoms with Crippen LogP contribution in [0.2, 0.25) is 5.02 Å². The number of nitrogens with one attached hydrogen (secondary N) is 1. The average molecular weight is 497 g/mol. The van der Waals surface area contributed by atoms with Gasteiger partial charge in [-0.25, -0.2) is 4.39 Å². The highest BCUT2D eigenvalue weighted by Crippen LogP contribution is 2.38. The molecule has 0 spiro atoms. The van der Waals surface area contributed by atoms with Crippen molar-refractivity contribution in [3.8, 4) is 11.4 Å². The van der Waals surface area contributed by atoms with Crippen LogP contribution in [0.15, 0.2) is 76.3 Å². The van der Waals surface area contributed by atoms with E-state index in [4.69, 9.17) is 28.3 Å². The fourth-order valence-electron chi connectivity index (χ4n) is 3.79. The molecule has 0 saturated carbocycles. The molecule has 0 saturated heterocycles. The van der Waals surface area contributed by atoms with E-state index in [1.165, 1.54) is 17.0 Å². The van der Waals surface area contributed by atoms with E-state index in [1.54, 1.807) is 23.5 Å². The molecule has 0 amide bonds. The van der Waals surface area contributed by atoms with Crippen molar-refractivity contribution in [2.24, 2.45) is 0 Å². The lowest BCUT2D eigenvalue weighted by atomic mass is 9.95. The molecule has 33 heavy (non-hydrogen) atoms. The SMILES string of the molecule is CC1=C(c2nc(-c3ccc(F)cc3)no2)C(c2cccc(Cl)c2)NC(=S)N1Cc1cccs1. The number of nitrogens with zero attached hydrogens (tertiary/aromatic N) is 3. The Morgan fingerprint density at radius 3 is 2.73 bits per heavy atom. The minimum atomic E-state index is -0.323. The van der Waals surface area contributed by atoms with Crippen LogP contribution in [0.5, 0.6) is 0 Å². The standard InChI is InChI=1S/C24H18ClFN4OS2/c1-14-20(23-28-22(29-31-23)15-7-9-18(26)10-8-15)21(16-4-2-5-17(25)12-16)27-24(32)30(14)13-19-6-3-11-33-19/h2-12,21H,13H2,1H3,(H,27,32). The van der Waals surface area contributed by atoms with E-state index < -0.39 is 0 Å². The molecule has 1 aliphatic heterocycles. The lowest BCUT2D eigenvalue weighted by Crippen LogP contribution is -2.45. The van der Waals surface area contributed by atoms with Gasteiger partial charge in [0.25, 0.3) is 5.89 Å². The molecular formula is C24H18ClFN4OS2. The maximum Gasteiger partial charge on any atom is 0.258 e. The number of benzene rings is 2. The van der Waals surface area contributed by atoms with Crippen molar-refractivity contribution in [3.05, 3.63) is 98.9 Å². The number of aromatic nitrogens is 2. The van der Waals surface area contributed by atoms with Gasteiger partial charge in [-0.05, 0) is 72.5 Å². The summed E-state index contributed by atoms with van der Waals surface area (Å²) in [5.41, 5.74) is 3.31. The maximum atomic E-state index is 13.3. The molecule has 9 heteroatoms. The van der Waals surface area contributed by atoms with E-state index in [0.717, 1.165) is 16.8 Å². The average Bonchev–Trinajstić information content (AvgIpc) is 3.49. The van der Waals surface area contributed by atoms with Gasteiger partial charge >= 0.3 is 0 Å². The van der Waals surface area contributed by atoms with Crippen molar-refractivity contribution >= 4 is 45.8 Å². The Labute approximate surface area is 204 Å². The maximum absolute atomic E-state index is 13.3. The third kappa shape index (κ3) is 4.42. The Balaban J connectivity index is 1.60. The zero-order valence-corrected chi connectivity index (χ0v) is 19.8. The zero-order chi connectivity index (χ0) is 22.9. The minimum Gasteiger partial charge on any atom is -0.351 e. The van der Waals surface area contributed by atoms with E-state index in [9.17, 15) is 4.39 Å². The molecule has 0 bridgehead atoms. The number of allylic oxidation sites excluding steroid dienone is 1. The Bertz CT molecular complexity index is 1330. The van der Waals surface area contributed by atoms with Gasteiger partial charge in [0.15, 0.2) is 5.11 Å². The Morgan fingerprint density at radius 2 is 2.00 bits per heavy atom. The summed E-state index contributed by atoms with van der Waals surface area (Å²) in [6.45, 7) is 2.62. The molecule has 166 valence electrons. The van der Waals surface area contributed by atoms with Gasteiger partial charge in [-0.2, -0.15) is 4.98 Å². The Kier molecular flexibility index (Phi) is 5.97. The summed E-state index contributed by atoms with van der Waals surface area (Å²) in [6.07, 6.45) is 0. The summed E-state index contributed by atoms with van der Waals surface area (Å²) in [5.74, 6) is 0.423. The van der Waals surface area contributed by atoms with E-state index in [1.807, 2.05) is 47.5 Å². The second-order valence-corrected chi connectivity index (χ2v) is 9.39. The van der Waals surface area contributed by atoms with Crippen LogP contribution in [0, 0.1) is 5.82 Å². The second-order valence-electron chi connectivity index (χ2n) is 7.53. The first-order valence-electron chi connectivity index (χ1n) is 10.2. The number of hydrogen-bond acceptors (Lipinski definition) is 5. The molecule has 0 aliphatic carbocycles. The molecule has 0 fully saturated rings. The molecule has 1 N–H and O–H groups in total. The number of thiocarbonyl (C=S) groups is 1. The van der Waals surface area contributed by atoms with Crippen LogP contribution in [0.1, 0.15) is 29.3 Å². The van der Waals surface area contributed by atoms with Crippen LogP contribution in [0.3, 0.4) is 0 Å². The summed E-state index contributed by atoms with van der Waals surface area (Å²) in [6, 6.07) is 17.3. The lowest BCUT2D eigenvalue weighted by molar-refractivity contribution is 0.396. The van der Waals surface area contributed by atoms with Gasteiger partial charge in [0.1, 0.15) is 5.82 Å².